The highest BCUT2D eigenvalue weighted by molar-refractivity contribution is 9.10. The van der Waals surface area contributed by atoms with Gasteiger partial charge in [-0.25, -0.2) is 4.98 Å². The highest BCUT2D eigenvalue weighted by Gasteiger charge is 2.22. The average Bonchev–Trinajstić information content (AvgIpc) is 3.17. The Balaban J connectivity index is 1.69. The Morgan fingerprint density at radius 3 is 2.79 bits per heavy atom. The Kier molecular flexibility index (Phi) is 7.70. The number of carbonyl (C=O) groups excluding carboxylic acids is 1. The van der Waals surface area contributed by atoms with Crippen LogP contribution in [0.15, 0.2) is 58.4 Å². The number of halogens is 2. The molecule has 0 aliphatic heterocycles. The van der Waals surface area contributed by atoms with Gasteiger partial charge in [-0.15, -0.1) is 11.3 Å². The second-order valence-corrected chi connectivity index (χ2v) is 8.97. The topological polar surface area (TPSA) is 42.4 Å². The molecule has 0 N–H and O–H groups in total. The number of benzene rings is 2. The van der Waals surface area contributed by atoms with E-state index in [1.807, 2.05) is 52.7 Å². The molecule has 1 aromatic heterocycles. The monoisotopic (exact) mass is 492 g/mol. The van der Waals surface area contributed by atoms with Gasteiger partial charge in [-0.3, -0.25) is 4.79 Å². The summed E-state index contributed by atoms with van der Waals surface area (Å²) < 4.78 is 6.66. The van der Waals surface area contributed by atoms with Crippen LogP contribution in [0.25, 0.3) is 0 Å². The van der Waals surface area contributed by atoms with Crippen molar-refractivity contribution in [2.75, 3.05) is 0 Å². The molecule has 0 saturated carbocycles. The molecule has 0 bridgehead atoms. The number of rotatable bonds is 8. The van der Waals surface area contributed by atoms with Gasteiger partial charge >= 0.3 is 0 Å². The number of aromatic nitrogens is 1. The lowest BCUT2D eigenvalue weighted by molar-refractivity contribution is 0.0669. The predicted molar refractivity (Wildman–Crippen MR) is 122 cm³/mol. The first-order valence-electron chi connectivity index (χ1n) is 9.34. The second kappa shape index (κ2) is 10.2. The molecular weight excluding hydrogens is 472 g/mol. The van der Waals surface area contributed by atoms with E-state index in [9.17, 15) is 4.79 Å². The summed E-state index contributed by atoms with van der Waals surface area (Å²) >= 11 is 11.0. The molecule has 0 fully saturated rings. The lowest BCUT2D eigenvalue weighted by Crippen LogP contribution is -2.37. The van der Waals surface area contributed by atoms with E-state index in [-0.39, 0.29) is 11.9 Å². The molecule has 0 saturated heterocycles. The number of hydrogen-bond acceptors (Lipinski definition) is 4. The predicted octanol–water partition coefficient (Wildman–Crippen LogP) is 6.58. The third-order valence-corrected chi connectivity index (χ3v) is 6.14. The molecule has 0 unspecified atom stereocenters. The SMILES string of the molecule is CC[C@H](C)N(Cc1csc(COc2cccc(Cl)c2)n1)C(=O)c1cccc(Br)c1. The Bertz CT molecular complexity index is 979. The maximum atomic E-state index is 13.1. The van der Waals surface area contributed by atoms with Crippen LogP contribution in [0.3, 0.4) is 0 Å². The maximum absolute atomic E-state index is 13.1. The molecule has 1 heterocycles. The number of hydrogen-bond donors (Lipinski definition) is 0. The van der Waals surface area contributed by atoms with Crippen LogP contribution >= 0.6 is 38.9 Å². The quantitative estimate of drug-likeness (QED) is 0.356. The van der Waals surface area contributed by atoms with Gasteiger partial charge in [0, 0.05) is 26.5 Å². The molecule has 1 amide bonds. The fourth-order valence-electron chi connectivity index (χ4n) is 2.80. The Morgan fingerprint density at radius 2 is 2.07 bits per heavy atom. The molecule has 152 valence electrons. The molecule has 3 aromatic rings. The van der Waals surface area contributed by atoms with Gasteiger partial charge in [0.15, 0.2) is 0 Å². The lowest BCUT2D eigenvalue weighted by atomic mass is 10.1. The third kappa shape index (κ3) is 6.04. The summed E-state index contributed by atoms with van der Waals surface area (Å²) in [4.78, 5) is 19.6. The number of thiazole rings is 1. The zero-order valence-corrected chi connectivity index (χ0v) is 19.4. The number of ether oxygens (including phenoxy) is 1. The van der Waals surface area contributed by atoms with Gasteiger partial charge in [0.1, 0.15) is 17.4 Å². The third-order valence-electron chi connectivity index (χ3n) is 4.55. The minimum Gasteiger partial charge on any atom is -0.486 e. The van der Waals surface area contributed by atoms with Gasteiger partial charge in [0.05, 0.1) is 12.2 Å². The Morgan fingerprint density at radius 1 is 1.28 bits per heavy atom. The van der Waals surface area contributed by atoms with Gasteiger partial charge in [-0.05, 0) is 49.7 Å². The molecule has 0 radical (unpaired) electrons. The Hall–Kier alpha value is -1.89. The number of amides is 1. The van der Waals surface area contributed by atoms with E-state index in [1.54, 1.807) is 6.07 Å². The molecule has 0 spiro atoms. The molecule has 3 rings (SSSR count). The van der Waals surface area contributed by atoms with Crippen molar-refractivity contribution in [3.8, 4) is 5.75 Å². The first kappa shape index (κ1) is 21.8. The molecule has 4 nitrogen and oxygen atoms in total. The van der Waals surface area contributed by atoms with Gasteiger partial charge in [-0.1, -0.05) is 46.6 Å². The van der Waals surface area contributed by atoms with Gasteiger partial charge in [-0.2, -0.15) is 0 Å². The summed E-state index contributed by atoms with van der Waals surface area (Å²) in [6, 6.07) is 14.9. The first-order chi connectivity index (χ1) is 14.0. The van der Waals surface area contributed by atoms with Crippen molar-refractivity contribution in [2.24, 2.45) is 0 Å². The fourth-order valence-corrected chi connectivity index (χ4v) is 4.08. The molecule has 0 aliphatic carbocycles. The van der Waals surface area contributed by atoms with Crippen molar-refractivity contribution in [1.29, 1.82) is 0 Å². The van der Waals surface area contributed by atoms with Crippen molar-refractivity contribution in [3.63, 3.8) is 0 Å². The smallest absolute Gasteiger partial charge is 0.254 e. The first-order valence-corrected chi connectivity index (χ1v) is 11.4. The highest BCUT2D eigenvalue weighted by atomic mass is 79.9. The van der Waals surface area contributed by atoms with Crippen molar-refractivity contribution >= 4 is 44.8 Å². The molecule has 7 heteroatoms. The van der Waals surface area contributed by atoms with E-state index in [2.05, 4.69) is 34.8 Å². The standard InChI is InChI=1S/C22H22BrClN2O2S/c1-3-15(2)26(22(27)16-6-4-7-17(23)10-16)12-19-14-29-21(25-19)13-28-20-9-5-8-18(24)11-20/h4-11,14-15H,3,12-13H2,1-2H3/t15-/m0/s1. The molecular formula is C22H22BrClN2O2S. The van der Waals surface area contributed by atoms with E-state index >= 15 is 0 Å². The van der Waals surface area contributed by atoms with Crippen LogP contribution in [-0.2, 0) is 13.2 Å². The van der Waals surface area contributed by atoms with Crippen LogP contribution in [0, 0.1) is 0 Å². The second-order valence-electron chi connectivity index (χ2n) is 6.68. The largest absolute Gasteiger partial charge is 0.486 e. The number of nitrogens with zero attached hydrogens (tertiary/aromatic N) is 2. The summed E-state index contributed by atoms with van der Waals surface area (Å²) in [5.41, 5.74) is 1.53. The van der Waals surface area contributed by atoms with Crippen molar-refractivity contribution in [2.45, 2.75) is 39.5 Å². The summed E-state index contributed by atoms with van der Waals surface area (Å²) in [6.07, 6.45) is 0.870. The van der Waals surface area contributed by atoms with Crippen molar-refractivity contribution in [1.82, 2.24) is 9.88 Å². The molecule has 29 heavy (non-hydrogen) atoms. The van der Waals surface area contributed by atoms with Crippen LogP contribution in [0.4, 0.5) is 0 Å². The normalized spacial score (nSPS) is 11.9. The van der Waals surface area contributed by atoms with Crippen LogP contribution < -0.4 is 4.74 Å². The summed E-state index contributed by atoms with van der Waals surface area (Å²) in [5.74, 6) is 0.714. The summed E-state index contributed by atoms with van der Waals surface area (Å²) in [5, 5.41) is 3.48. The highest BCUT2D eigenvalue weighted by Crippen LogP contribution is 2.22. The molecule has 1 atom stereocenters. The fraction of sp³-hybridized carbons (Fsp3) is 0.273. The summed E-state index contributed by atoms with van der Waals surface area (Å²) in [6.45, 7) is 4.98. The van der Waals surface area contributed by atoms with Gasteiger partial charge in [0.25, 0.3) is 5.91 Å². The van der Waals surface area contributed by atoms with Crippen LogP contribution in [0.2, 0.25) is 5.02 Å². The van der Waals surface area contributed by atoms with Gasteiger partial charge in [0.2, 0.25) is 0 Å². The van der Waals surface area contributed by atoms with E-state index in [0.717, 1.165) is 21.6 Å². The lowest BCUT2D eigenvalue weighted by Gasteiger charge is -2.28. The van der Waals surface area contributed by atoms with Crippen LogP contribution in [0.5, 0.6) is 5.75 Å². The molecule has 0 aliphatic rings. The number of carbonyl (C=O) groups is 1. The van der Waals surface area contributed by atoms with Crippen LogP contribution in [-0.4, -0.2) is 21.8 Å². The van der Waals surface area contributed by atoms with Crippen molar-refractivity contribution in [3.05, 3.63) is 79.7 Å². The van der Waals surface area contributed by atoms with E-state index in [0.29, 0.717) is 29.5 Å². The average molecular weight is 494 g/mol. The zero-order chi connectivity index (χ0) is 20.8. The zero-order valence-electron chi connectivity index (χ0n) is 16.3. The van der Waals surface area contributed by atoms with Crippen molar-refractivity contribution < 1.29 is 9.53 Å². The maximum Gasteiger partial charge on any atom is 0.254 e. The van der Waals surface area contributed by atoms with Gasteiger partial charge < -0.3 is 9.64 Å². The molecule has 2 aromatic carbocycles. The van der Waals surface area contributed by atoms with E-state index in [1.165, 1.54) is 11.3 Å². The van der Waals surface area contributed by atoms with Crippen LogP contribution in [0.1, 0.15) is 41.3 Å². The Labute approximate surface area is 188 Å². The van der Waals surface area contributed by atoms with E-state index < -0.39 is 0 Å². The minimum atomic E-state index is 0.00498. The minimum absolute atomic E-state index is 0.00498. The summed E-state index contributed by atoms with van der Waals surface area (Å²) in [7, 11) is 0. The van der Waals surface area contributed by atoms with E-state index in [4.69, 9.17) is 16.3 Å².